The Hall–Kier alpha value is -3.20. The molecule has 0 spiro atoms. The van der Waals surface area contributed by atoms with Crippen LogP contribution in [0.15, 0.2) is 103 Å². The van der Waals surface area contributed by atoms with Gasteiger partial charge in [0, 0.05) is 12.1 Å². The highest BCUT2D eigenvalue weighted by Crippen LogP contribution is 2.22. The van der Waals surface area contributed by atoms with Gasteiger partial charge in [-0.1, -0.05) is 88.0 Å². The third-order valence-electron chi connectivity index (χ3n) is 3.80. The van der Waals surface area contributed by atoms with Gasteiger partial charge >= 0.3 is 0 Å². The Morgan fingerprint density at radius 3 is 2.19 bits per heavy atom. The van der Waals surface area contributed by atoms with Gasteiger partial charge in [0.15, 0.2) is 5.76 Å². The predicted molar refractivity (Wildman–Crippen MR) is 113 cm³/mol. The second kappa shape index (κ2) is 10.1. The molecule has 1 aliphatic heterocycles. The summed E-state index contributed by atoms with van der Waals surface area (Å²) in [7, 11) is 0. The summed E-state index contributed by atoms with van der Waals surface area (Å²) in [6.45, 7) is 12.6. The molecule has 3 nitrogen and oxygen atoms in total. The zero-order valence-corrected chi connectivity index (χ0v) is 16.0. The molecule has 140 valence electrons. The fourth-order valence-electron chi connectivity index (χ4n) is 2.36. The van der Waals surface area contributed by atoms with E-state index in [4.69, 9.17) is 4.74 Å². The van der Waals surface area contributed by atoms with Gasteiger partial charge in [0.2, 0.25) is 0 Å². The first-order valence-corrected chi connectivity index (χ1v) is 9.09. The van der Waals surface area contributed by atoms with Crippen molar-refractivity contribution in [3.8, 4) is 11.1 Å². The zero-order valence-electron chi connectivity index (χ0n) is 16.0. The molecular formula is C24H27NO2. The molecule has 3 rings (SSSR count). The first-order chi connectivity index (χ1) is 13.0. The van der Waals surface area contributed by atoms with Gasteiger partial charge < -0.3 is 15.2 Å². The molecule has 1 heterocycles. The second-order valence-corrected chi connectivity index (χ2v) is 6.26. The Labute approximate surface area is 162 Å². The molecule has 0 atom stereocenters. The zero-order chi connectivity index (χ0) is 19.6. The Morgan fingerprint density at radius 2 is 1.59 bits per heavy atom. The van der Waals surface area contributed by atoms with Crippen LogP contribution in [0.3, 0.4) is 0 Å². The molecule has 0 amide bonds. The molecule has 27 heavy (non-hydrogen) atoms. The first-order valence-electron chi connectivity index (χ1n) is 9.09. The normalized spacial score (nSPS) is 12.7. The van der Waals surface area contributed by atoms with E-state index in [0.29, 0.717) is 23.6 Å². The molecule has 2 aromatic carbocycles. The summed E-state index contributed by atoms with van der Waals surface area (Å²) in [5.74, 6) is 0.585. The molecule has 0 bridgehead atoms. The number of hydrogen-bond donors (Lipinski definition) is 2. The number of aliphatic hydroxyl groups excluding tert-OH is 1. The number of nitrogens with one attached hydrogen (secondary N) is 1. The Morgan fingerprint density at radius 1 is 1.00 bits per heavy atom. The van der Waals surface area contributed by atoms with Crippen LogP contribution in [0.2, 0.25) is 0 Å². The SMILES string of the molecule is C=C1C=C(C(=C)NCc2ccc(-c3ccccc3)cc2)OC=C1O.CCC. The molecule has 3 heteroatoms. The van der Waals surface area contributed by atoms with Crippen molar-refractivity contribution >= 4 is 0 Å². The monoisotopic (exact) mass is 361 g/mol. The van der Waals surface area contributed by atoms with Crippen molar-refractivity contribution in [3.63, 3.8) is 0 Å². The molecule has 2 aromatic rings. The summed E-state index contributed by atoms with van der Waals surface area (Å²) in [4.78, 5) is 0. The highest BCUT2D eigenvalue weighted by Gasteiger charge is 2.11. The van der Waals surface area contributed by atoms with Gasteiger partial charge in [-0.3, -0.25) is 0 Å². The van der Waals surface area contributed by atoms with Crippen LogP contribution in [0.25, 0.3) is 11.1 Å². The Bertz CT molecular complexity index is 830. The summed E-state index contributed by atoms with van der Waals surface area (Å²) < 4.78 is 5.31. The number of rotatable bonds is 5. The molecule has 0 fully saturated rings. The molecule has 0 saturated heterocycles. The van der Waals surface area contributed by atoms with E-state index in [9.17, 15) is 5.11 Å². The van der Waals surface area contributed by atoms with Gasteiger partial charge in [-0.2, -0.15) is 0 Å². The molecule has 0 saturated carbocycles. The molecule has 0 aliphatic carbocycles. The summed E-state index contributed by atoms with van der Waals surface area (Å²) in [5, 5.41) is 12.7. The largest absolute Gasteiger partial charge is 0.504 e. The second-order valence-electron chi connectivity index (χ2n) is 6.26. The van der Waals surface area contributed by atoms with E-state index in [2.05, 4.69) is 68.7 Å². The molecule has 1 aliphatic rings. The van der Waals surface area contributed by atoms with Crippen LogP contribution < -0.4 is 5.32 Å². The minimum absolute atomic E-state index is 0.0306. The fourth-order valence-corrected chi connectivity index (χ4v) is 2.36. The Kier molecular flexibility index (Phi) is 7.50. The molecular weight excluding hydrogens is 334 g/mol. The maximum absolute atomic E-state index is 9.45. The van der Waals surface area contributed by atoms with E-state index >= 15 is 0 Å². The number of benzene rings is 2. The van der Waals surface area contributed by atoms with Crippen molar-refractivity contribution in [2.45, 2.75) is 26.8 Å². The fraction of sp³-hybridized carbons (Fsp3) is 0.167. The van der Waals surface area contributed by atoms with Crippen LogP contribution in [0.5, 0.6) is 0 Å². The van der Waals surface area contributed by atoms with E-state index in [-0.39, 0.29) is 5.76 Å². The van der Waals surface area contributed by atoms with Gasteiger partial charge in [0.25, 0.3) is 0 Å². The lowest BCUT2D eigenvalue weighted by Gasteiger charge is -2.16. The average molecular weight is 361 g/mol. The summed E-state index contributed by atoms with van der Waals surface area (Å²) in [6.07, 6.45) is 4.17. The standard InChI is InChI=1S/C21H19NO2.C3H8/c1-15-12-21(24-14-20(15)23)16(2)22-13-17-8-10-19(11-9-17)18-6-4-3-5-7-18;1-3-2/h3-12,14,22-23H,1-2,13H2;3H2,1-2H3. The molecule has 0 unspecified atom stereocenters. The number of allylic oxidation sites excluding steroid dienone is 1. The minimum Gasteiger partial charge on any atom is -0.504 e. The van der Waals surface area contributed by atoms with Crippen LogP contribution in [-0.4, -0.2) is 5.11 Å². The van der Waals surface area contributed by atoms with Crippen LogP contribution in [0.1, 0.15) is 25.8 Å². The number of aliphatic hydroxyl groups is 1. The third-order valence-corrected chi connectivity index (χ3v) is 3.80. The van der Waals surface area contributed by atoms with Gasteiger partial charge in [0.1, 0.15) is 12.0 Å². The molecule has 0 aromatic heterocycles. The number of hydrogen-bond acceptors (Lipinski definition) is 3. The summed E-state index contributed by atoms with van der Waals surface area (Å²) in [6, 6.07) is 18.7. The van der Waals surface area contributed by atoms with E-state index in [1.807, 2.05) is 18.2 Å². The summed E-state index contributed by atoms with van der Waals surface area (Å²) >= 11 is 0. The van der Waals surface area contributed by atoms with E-state index in [1.54, 1.807) is 6.08 Å². The van der Waals surface area contributed by atoms with E-state index in [0.717, 1.165) is 5.56 Å². The van der Waals surface area contributed by atoms with Crippen LogP contribution in [0.4, 0.5) is 0 Å². The van der Waals surface area contributed by atoms with Crippen molar-refractivity contribution in [3.05, 3.63) is 108 Å². The minimum atomic E-state index is 0.0306. The van der Waals surface area contributed by atoms with Crippen molar-refractivity contribution in [1.29, 1.82) is 0 Å². The molecule has 2 N–H and O–H groups in total. The van der Waals surface area contributed by atoms with Crippen molar-refractivity contribution in [2.75, 3.05) is 0 Å². The lowest BCUT2D eigenvalue weighted by Crippen LogP contribution is -2.15. The Balaban J connectivity index is 0.000000817. The van der Waals surface area contributed by atoms with Gasteiger partial charge in [-0.15, -0.1) is 0 Å². The van der Waals surface area contributed by atoms with Crippen molar-refractivity contribution < 1.29 is 9.84 Å². The lowest BCUT2D eigenvalue weighted by atomic mass is 10.0. The van der Waals surface area contributed by atoms with Crippen molar-refractivity contribution in [1.82, 2.24) is 5.32 Å². The lowest BCUT2D eigenvalue weighted by molar-refractivity contribution is 0.305. The van der Waals surface area contributed by atoms with Crippen LogP contribution in [-0.2, 0) is 11.3 Å². The maximum atomic E-state index is 9.45. The predicted octanol–water partition coefficient (Wildman–Crippen LogP) is 6.24. The highest BCUT2D eigenvalue weighted by molar-refractivity contribution is 5.63. The van der Waals surface area contributed by atoms with Gasteiger partial charge in [0.05, 0.1) is 5.70 Å². The topological polar surface area (TPSA) is 41.5 Å². The average Bonchev–Trinajstić information content (AvgIpc) is 2.70. The molecule has 0 radical (unpaired) electrons. The highest BCUT2D eigenvalue weighted by atomic mass is 16.5. The quantitative estimate of drug-likeness (QED) is 0.662. The smallest absolute Gasteiger partial charge is 0.157 e. The number of ether oxygens (including phenoxy) is 1. The first kappa shape index (κ1) is 20.1. The summed E-state index contributed by atoms with van der Waals surface area (Å²) in [5.41, 5.74) is 4.68. The van der Waals surface area contributed by atoms with E-state index in [1.165, 1.54) is 23.8 Å². The van der Waals surface area contributed by atoms with Crippen LogP contribution in [0, 0.1) is 0 Å². The van der Waals surface area contributed by atoms with Crippen molar-refractivity contribution in [2.24, 2.45) is 0 Å². The van der Waals surface area contributed by atoms with Crippen LogP contribution >= 0.6 is 0 Å². The van der Waals surface area contributed by atoms with Gasteiger partial charge in [-0.05, 0) is 22.8 Å². The van der Waals surface area contributed by atoms with Gasteiger partial charge in [-0.25, -0.2) is 0 Å². The third kappa shape index (κ3) is 5.93. The maximum Gasteiger partial charge on any atom is 0.157 e. The van der Waals surface area contributed by atoms with E-state index < -0.39 is 0 Å².